The zero-order chi connectivity index (χ0) is 41.1. The Morgan fingerprint density at radius 3 is 1.84 bits per heavy atom. The van der Waals surface area contributed by atoms with E-state index < -0.39 is 25.7 Å². The molecule has 15 nitrogen and oxygen atoms in total. The van der Waals surface area contributed by atoms with Crippen LogP contribution in [-0.2, 0) is 25.7 Å². The maximum Gasteiger partial charge on any atom is 1.00 e. The number of nitrogens with zero attached hydrogens (tertiary/aromatic N) is 7. The molecule has 0 radical (unpaired) electrons. The van der Waals surface area contributed by atoms with Crippen molar-refractivity contribution in [2.45, 2.75) is 77.5 Å². The van der Waals surface area contributed by atoms with Crippen LogP contribution in [0.25, 0.3) is 15.3 Å². The number of hydrogen-bond donors (Lipinski definition) is 2. The van der Waals surface area contributed by atoms with Gasteiger partial charge in [-0.3, -0.25) is 0 Å². The summed E-state index contributed by atoms with van der Waals surface area (Å²) in [5.74, 6) is 0.370. The fourth-order valence-electron chi connectivity index (χ4n) is 6.74. The summed E-state index contributed by atoms with van der Waals surface area (Å²) in [6.45, 7) is 15.4. The van der Waals surface area contributed by atoms with Crippen LogP contribution in [0.2, 0.25) is 0 Å². The number of rotatable bonds is 9. The van der Waals surface area contributed by atoms with Crippen LogP contribution < -0.4 is 113 Å². The Bertz CT molecular complexity index is 2860. The first-order chi connectivity index (χ1) is 26.1. The van der Waals surface area contributed by atoms with Gasteiger partial charge in [0, 0.05) is 16.8 Å². The quantitative estimate of drug-likeness (QED) is 0.121. The number of aromatic nitrogens is 4. The van der Waals surface area contributed by atoms with Crippen LogP contribution in [0, 0.1) is 52.9 Å². The molecule has 0 saturated carbocycles. The number of anilines is 4. The van der Waals surface area contributed by atoms with E-state index >= 15 is 0 Å². The summed E-state index contributed by atoms with van der Waals surface area (Å²) in [5, 5.41) is 31.0. The standard InChI is InChI=1S/C38H39N9O6S3.2K/c1-19-16-21(3)32(55(48,49)50)23(5)30(19)41-29-15-14-27(35(42-29)43-31-20(2)17-22(4)33(24(31)6)56(51,52)53)44-45-36-25(18-39)34(38(7,8)9)46-47(36)37-40-26-12-10-11-13-28(26)54-37;;/h10-17H,1-9H3,(H2,41,42,43)(H,48,49,50)(H,51,52,53);;/q;2*+1/p-2. The molecule has 290 valence electrons. The normalized spacial score (nSPS) is 12.0. The molecule has 0 bridgehead atoms. The number of fused-ring (bicyclic) bond motifs is 1. The Morgan fingerprint density at radius 2 is 1.33 bits per heavy atom. The van der Waals surface area contributed by atoms with Crippen LogP contribution >= 0.6 is 11.3 Å². The second-order valence-corrected chi connectivity index (χ2v) is 18.0. The van der Waals surface area contributed by atoms with Gasteiger partial charge in [-0.2, -0.15) is 15.0 Å². The van der Waals surface area contributed by atoms with E-state index in [-0.39, 0.29) is 164 Å². The zero-order valence-electron chi connectivity index (χ0n) is 33.9. The first-order valence-electron chi connectivity index (χ1n) is 17.1. The first-order valence-corrected chi connectivity index (χ1v) is 20.7. The number of hydrogen-bond acceptors (Lipinski definition) is 15. The summed E-state index contributed by atoms with van der Waals surface area (Å²) in [4.78, 5) is 8.74. The van der Waals surface area contributed by atoms with E-state index in [4.69, 9.17) is 15.1 Å². The number of para-hydroxylation sites is 1. The number of aryl methyl sites for hydroxylation is 4. The second-order valence-electron chi connectivity index (χ2n) is 14.4. The second kappa shape index (κ2) is 18.4. The van der Waals surface area contributed by atoms with Gasteiger partial charge < -0.3 is 19.7 Å². The SMILES string of the molecule is Cc1cc(C)c(S(=O)(=O)[O-])c(C)c1Nc1ccc(N=Nc2c(C#N)c(C(C)(C)C)nn2-c2nc3ccccc3s2)c(Nc2c(C)cc(C)c(S(=O)(=O)[O-])c2C)n1.[K+].[K+]. The van der Waals surface area contributed by atoms with Crippen LogP contribution in [-0.4, -0.2) is 45.7 Å². The molecule has 0 aliphatic heterocycles. The summed E-state index contributed by atoms with van der Waals surface area (Å²) in [7, 11) is -9.69. The third-order valence-electron chi connectivity index (χ3n) is 9.07. The third kappa shape index (κ3) is 9.90. The number of nitrogens with one attached hydrogen (secondary N) is 2. The van der Waals surface area contributed by atoms with Gasteiger partial charge >= 0.3 is 103 Å². The van der Waals surface area contributed by atoms with Gasteiger partial charge in [0.1, 0.15) is 43.4 Å². The Kier molecular flexibility index (Phi) is 15.3. The number of benzene rings is 3. The fourth-order valence-corrected chi connectivity index (χ4v) is 9.52. The van der Waals surface area contributed by atoms with Gasteiger partial charge in [0.05, 0.1) is 25.7 Å². The molecule has 0 saturated heterocycles. The summed E-state index contributed by atoms with van der Waals surface area (Å²) in [5.41, 5.74) is 3.79. The van der Waals surface area contributed by atoms with Crippen molar-refractivity contribution in [1.82, 2.24) is 19.7 Å². The number of nitriles is 1. The van der Waals surface area contributed by atoms with Crippen molar-refractivity contribution in [2.75, 3.05) is 10.6 Å². The van der Waals surface area contributed by atoms with Gasteiger partial charge in [-0.15, -0.1) is 10.2 Å². The minimum Gasteiger partial charge on any atom is -0.744 e. The predicted molar refractivity (Wildman–Crippen MR) is 212 cm³/mol. The molecule has 58 heavy (non-hydrogen) atoms. The summed E-state index contributed by atoms with van der Waals surface area (Å²) in [6, 6.07) is 16.1. The Labute approximate surface area is 426 Å². The van der Waals surface area contributed by atoms with Gasteiger partial charge in [0.2, 0.25) is 5.13 Å². The molecule has 0 amide bonds. The van der Waals surface area contributed by atoms with Crippen molar-refractivity contribution in [3.63, 3.8) is 0 Å². The molecule has 0 fully saturated rings. The van der Waals surface area contributed by atoms with Crippen LogP contribution in [0.5, 0.6) is 0 Å². The molecular formula is C38H37K2N9O6S3. The van der Waals surface area contributed by atoms with Crippen molar-refractivity contribution in [2.24, 2.45) is 10.2 Å². The molecular weight excluding hydrogens is 853 g/mol. The van der Waals surface area contributed by atoms with Crippen LogP contribution in [0.3, 0.4) is 0 Å². The molecule has 0 aliphatic rings. The van der Waals surface area contributed by atoms with Crippen molar-refractivity contribution >= 4 is 76.3 Å². The minimum atomic E-state index is -4.87. The smallest absolute Gasteiger partial charge is 0.744 e. The molecule has 0 aliphatic carbocycles. The van der Waals surface area contributed by atoms with Gasteiger partial charge in [-0.25, -0.2) is 26.8 Å². The predicted octanol–water partition coefficient (Wildman–Crippen LogP) is 2.62. The van der Waals surface area contributed by atoms with E-state index in [1.54, 1.807) is 45.0 Å². The topological polar surface area (TPSA) is 231 Å². The third-order valence-corrected chi connectivity index (χ3v) is 12.3. The zero-order valence-corrected chi connectivity index (χ0v) is 42.6. The Balaban J connectivity index is 0.00000372. The maximum atomic E-state index is 12.4. The molecule has 6 aromatic rings. The molecule has 6 rings (SSSR count). The molecule has 0 atom stereocenters. The van der Waals surface area contributed by atoms with Crippen molar-refractivity contribution in [3.05, 3.63) is 93.2 Å². The van der Waals surface area contributed by atoms with Gasteiger partial charge in [0.15, 0.2) is 11.6 Å². The largest absolute Gasteiger partial charge is 1.00 e. The summed E-state index contributed by atoms with van der Waals surface area (Å²) >= 11 is 1.36. The fraction of sp³-hybridized carbons (Fsp3) is 0.263. The van der Waals surface area contributed by atoms with Gasteiger partial charge in [-0.05, 0) is 99.2 Å². The van der Waals surface area contributed by atoms with Crippen molar-refractivity contribution in [3.8, 4) is 11.2 Å². The number of pyridine rings is 1. The minimum absolute atomic E-state index is 0. The Hall–Kier alpha value is -2.31. The van der Waals surface area contributed by atoms with Crippen molar-refractivity contribution in [1.29, 1.82) is 5.26 Å². The first kappa shape index (κ1) is 48.4. The van der Waals surface area contributed by atoms with Gasteiger partial charge in [0.25, 0.3) is 0 Å². The Morgan fingerprint density at radius 1 is 0.776 bits per heavy atom. The number of azo groups is 1. The van der Waals surface area contributed by atoms with Crippen LogP contribution in [0.15, 0.2) is 68.6 Å². The van der Waals surface area contributed by atoms with E-state index in [9.17, 15) is 31.2 Å². The van der Waals surface area contributed by atoms with E-state index in [0.29, 0.717) is 33.2 Å². The molecule has 3 aromatic heterocycles. The van der Waals surface area contributed by atoms with E-state index in [2.05, 4.69) is 26.9 Å². The molecule has 20 heteroatoms. The monoisotopic (exact) mass is 889 g/mol. The average Bonchev–Trinajstić information content (AvgIpc) is 3.68. The average molecular weight is 890 g/mol. The van der Waals surface area contributed by atoms with Crippen molar-refractivity contribution < 1.29 is 129 Å². The van der Waals surface area contributed by atoms with E-state index in [1.807, 2.05) is 45.0 Å². The van der Waals surface area contributed by atoms with Crippen LogP contribution in [0.1, 0.15) is 65.4 Å². The van der Waals surface area contributed by atoms with E-state index in [0.717, 1.165) is 10.2 Å². The molecule has 3 heterocycles. The van der Waals surface area contributed by atoms with Crippen LogP contribution in [0.4, 0.5) is 34.5 Å². The summed E-state index contributed by atoms with van der Waals surface area (Å²) < 4.78 is 76.0. The maximum absolute atomic E-state index is 12.4. The van der Waals surface area contributed by atoms with E-state index in [1.165, 1.54) is 36.8 Å². The summed E-state index contributed by atoms with van der Waals surface area (Å²) in [6.07, 6.45) is 0. The molecule has 0 spiro atoms. The molecule has 3 aromatic carbocycles. The van der Waals surface area contributed by atoms with Gasteiger partial charge in [-0.1, -0.05) is 56.4 Å². The molecule has 0 unspecified atom stereocenters. The number of thiazole rings is 1. The molecule has 2 N–H and O–H groups in total.